The molecule has 2 aromatic rings. The van der Waals surface area contributed by atoms with Crippen LogP contribution in [0.1, 0.15) is 19.8 Å². The van der Waals surface area contributed by atoms with Crippen LogP contribution in [0.2, 0.25) is 0 Å². The van der Waals surface area contributed by atoms with Crippen molar-refractivity contribution >= 4 is 25.7 Å². The predicted octanol–water partition coefficient (Wildman–Crippen LogP) is 2.90. The van der Waals surface area contributed by atoms with Crippen LogP contribution in [-0.2, 0) is 20.0 Å². The van der Waals surface area contributed by atoms with Gasteiger partial charge in [-0.2, -0.15) is 8.61 Å². The van der Waals surface area contributed by atoms with E-state index in [1.807, 2.05) is 11.8 Å². The number of halogens is 2. The summed E-state index contributed by atoms with van der Waals surface area (Å²) in [4.78, 5) is 1.00. The van der Waals surface area contributed by atoms with Gasteiger partial charge in [-0.05, 0) is 49.1 Å². The second kappa shape index (κ2) is 10.00. The van der Waals surface area contributed by atoms with Crippen molar-refractivity contribution in [3.63, 3.8) is 0 Å². The highest BCUT2D eigenvalue weighted by molar-refractivity contribution is 7.89. The number of benzene rings is 2. The van der Waals surface area contributed by atoms with E-state index in [0.29, 0.717) is 24.5 Å². The number of sulfonamides is 2. The number of piperazine rings is 1. The number of methoxy groups -OCH3 is 1. The first-order chi connectivity index (χ1) is 16.6. The zero-order valence-corrected chi connectivity index (χ0v) is 21.3. The molecule has 192 valence electrons. The van der Waals surface area contributed by atoms with E-state index in [0.717, 1.165) is 35.3 Å². The quantitative estimate of drug-likeness (QED) is 0.572. The molecule has 2 aliphatic rings. The summed E-state index contributed by atoms with van der Waals surface area (Å²) in [5.41, 5.74) is 0.521. The molecule has 2 aromatic carbocycles. The van der Waals surface area contributed by atoms with Gasteiger partial charge in [-0.25, -0.2) is 25.6 Å². The molecule has 2 heterocycles. The molecule has 2 fully saturated rings. The maximum atomic E-state index is 14.1. The van der Waals surface area contributed by atoms with Gasteiger partial charge in [0.05, 0.1) is 17.7 Å². The van der Waals surface area contributed by atoms with Crippen LogP contribution in [0.3, 0.4) is 0 Å². The normalized spacial score (nSPS) is 20.7. The molecule has 0 radical (unpaired) electrons. The summed E-state index contributed by atoms with van der Waals surface area (Å²) in [6, 6.07) is 7.58. The van der Waals surface area contributed by atoms with Crippen molar-refractivity contribution in [2.45, 2.75) is 29.6 Å². The molecule has 0 bridgehead atoms. The second-order valence-electron chi connectivity index (χ2n) is 8.89. The fourth-order valence-corrected chi connectivity index (χ4v) is 7.77. The van der Waals surface area contributed by atoms with E-state index >= 15 is 0 Å². The van der Waals surface area contributed by atoms with Gasteiger partial charge in [-0.3, -0.25) is 0 Å². The Morgan fingerprint density at radius 2 is 1.54 bits per heavy atom. The Kier molecular flexibility index (Phi) is 7.37. The summed E-state index contributed by atoms with van der Waals surface area (Å²) in [6.07, 6.45) is 1.80. The molecule has 1 atom stereocenters. The highest BCUT2D eigenvalue weighted by atomic mass is 32.2. The fourth-order valence-electron chi connectivity index (χ4n) is 4.62. The van der Waals surface area contributed by atoms with Crippen LogP contribution < -0.4 is 9.64 Å². The minimum absolute atomic E-state index is 0.0279. The lowest BCUT2D eigenvalue weighted by Crippen LogP contribution is -2.49. The molecule has 2 aliphatic heterocycles. The van der Waals surface area contributed by atoms with Crippen LogP contribution in [-0.4, -0.2) is 71.8 Å². The van der Waals surface area contributed by atoms with E-state index < -0.39 is 36.6 Å². The summed E-state index contributed by atoms with van der Waals surface area (Å²) in [7, 11) is -6.60. The SMILES string of the molecule is COc1ccc(S(=O)(=O)N2CCC[C@@H](C)C2)cc1N1CCN(S(=O)(=O)c2c(F)cccc2F)CC1. The van der Waals surface area contributed by atoms with Crippen molar-refractivity contribution in [1.29, 1.82) is 0 Å². The molecule has 12 heteroatoms. The topological polar surface area (TPSA) is 87.2 Å². The third-order valence-electron chi connectivity index (χ3n) is 6.50. The number of ether oxygens (including phenoxy) is 1. The number of piperidine rings is 1. The largest absolute Gasteiger partial charge is 0.495 e. The number of nitrogens with zero attached hydrogens (tertiary/aromatic N) is 3. The molecular weight excluding hydrogens is 500 g/mol. The van der Waals surface area contributed by atoms with Crippen molar-refractivity contribution in [3.8, 4) is 5.75 Å². The molecule has 0 amide bonds. The predicted molar refractivity (Wildman–Crippen MR) is 127 cm³/mol. The van der Waals surface area contributed by atoms with Crippen molar-refractivity contribution in [2.75, 3.05) is 51.3 Å². The number of anilines is 1. The van der Waals surface area contributed by atoms with Crippen LogP contribution in [0, 0.1) is 17.6 Å². The van der Waals surface area contributed by atoms with E-state index in [4.69, 9.17) is 4.74 Å². The van der Waals surface area contributed by atoms with E-state index in [1.54, 1.807) is 12.1 Å². The van der Waals surface area contributed by atoms with Crippen LogP contribution in [0.4, 0.5) is 14.5 Å². The van der Waals surface area contributed by atoms with E-state index in [-0.39, 0.29) is 37.0 Å². The number of hydrogen-bond donors (Lipinski definition) is 0. The van der Waals surface area contributed by atoms with Crippen molar-refractivity contribution in [3.05, 3.63) is 48.0 Å². The lowest BCUT2D eigenvalue weighted by atomic mass is 10.0. The summed E-state index contributed by atoms with van der Waals surface area (Å²) in [5, 5.41) is 0. The standard InChI is InChI=1S/C23H29F2N3O5S2/c1-17-5-4-10-28(16-17)34(29,30)18-8-9-22(33-2)21(15-18)26-11-13-27(14-12-26)35(31,32)23-19(24)6-3-7-20(23)25/h3,6-9,15,17H,4-5,10-14,16H2,1-2H3/t17-/m1/s1. The van der Waals surface area contributed by atoms with Crippen molar-refractivity contribution in [1.82, 2.24) is 8.61 Å². The summed E-state index contributed by atoms with van der Waals surface area (Å²) < 4.78 is 88.6. The van der Waals surface area contributed by atoms with Gasteiger partial charge in [-0.1, -0.05) is 13.0 Å². The van der Waals surface area contributed by atoms with Gasteiger partial charge in [0, 0.05) is 39.3 Å². The molecule has 0 aromatic heterocycles. The van der Waals surface area contributed by atoms with E-state index in [2.05, 4.69) is 0 Å². The molecule has 2 saturated heterocycles. The van der Waals surface area contributed by atoms with Crippen LogP contribution in [0.15, 0.2) is 46.2 Å². The third-order valence-corrected chi connectivity index (χ3v) is 10.3. The zero-order chi connectivity index (χ0) is 25.4. The van der Waals surface area contributed by atoms with Gasteiger partial charge >= 0.3 is 0 Å². The average Bonchev–Trinajstić information content (AvgIpc) is 2.83. The van der Waals surface area contributed by atoms with Crippen LogP contribution in [0.25, 0.3) is 0 Å². The highest BCUT2D eigenvalue weighted by Gasteiger charge is 2.34. The first-order valence-electron chi connectivity index (χ1n) is 11.4. The van der Waals surface area contributed by atoms with Crippen LogP contribution >= 0.6 is 0 Å². The van der Waals surface area contributed by atoms with Gasteiger partial charge < -0.3 is 9.64 Å². The molecule has 0 unspecified atom stereocenters. The maximum Gasteiger partial charge on any atom is 0.249 e. The zero-order valence-electron chi connectivity index (χ0n) is 19.7. The third kappa shape index (κ3) is 5.02. The van der Waals surface area contributed by atoms with Gasteiger partial charge in [-0.15, -0.1) is 0 Å². The monoisotopic (exact) mass is 529 g/mol. The molecule has 0 N–H and O–H groups in total. The maximum absolute atomic E-state index is 14.1. The summed E-state index contributed by atoms with van der Waals surface area (Å²) in [6.45, 7) is 3.29. The summed E-state index contributed by atoms with van der Waals surface area (Å²) >= 11 is 0. The first kappa shape index (κ1) is 25.8. The second-order valence-corrected chi connectivity index (χ2v) is 12.7. The smallest absolute Gasteiger partial charge is 0.249 e. The number of hydrogen-bond acceptors (Lipinski definition) is 6. The van der Waals surface area contributed by atoms with Crippen molar-refractivity contribution in [2.24, 2.45) is 5.92 Å². The van der Waals surface area contributed by atoms with Gasteiger partial charge in [0.1, 0.15) is 17.4 Å². The Morgan fingerprint density at radius 1 is 0.886 bits per heavy atom. The van der Waals surface area contributed by atoms with Gasteiger partial charge in [0.25, 0.3) is 0 Å². The lowest BCUT2D eigenvalue weighted by molar-refractivity contribution is 0.281. The molecule has 0 spiro atoms. The minimum Gasteiger partial charge on any atom is -0.495 e. The molecule has 8 nitrogen and oxygen atoms in total. The molecule has 0 saturated carbocycles. The average molecular weight is 530 g/mol. The van der Waals surface area contributed by atoms with Crippen molar-refractivity contribution < 1.29 is 30.4 Å². The first-order valence-corrected chi connectivity index (χ1v) is 14.3. The van der Waals surface area contributed by atoms with E-state index in [9.17, 15) is 25.6 Å². The Balaban J connectivity index is 1.57. The van der Waals surface area contributed by atoms with Gasteiger partial charge in [0.15, 0.2) is 4.90 Å². The summed E-state index contributed by atoms with van der Waals surface area (Å²) in [5.74, 6) is -1.55. The fraction of sp³-hybridized carbons (Fsp3) is 0.478. The Morgan fingerprint density at radius 3 is 2.14 bits per heavy atom. The minimum atomic E-state index is -4.37. The number of rotatable bonds is 6. The van der Waals surface area contributed by atoms with E-state index in [1.165, 1.54) is 17.5 Å². The van der Waals surface area contributed by atoms with Crippen LogP contribution in [0.5, 0.6) is 5.75 Å². The Labute approximate surface area is 205 Å². The molecule has 0 aliphatic carbocycles. The Bertz CT molecular complexity index is 1280. The Hall–Kier alpha value is -2.28. The highest BCUT2D eigenvalue weighted by Crippen LogP contribution is 2.34. The lowest BCUT2D eigenvalue weighted by Gasteiger charge is -2.36. The van der Waals surface area contributed by atoms with Gasteiger partial charge in [0.2, 0.25) is 20.0 Å². The molecule has 4 rings (SSSR count). The molecular formula is C23H29F2N3O5S2. The molecule has 35 heavy (non-hydrogen) atoms.